The number of nitrogens with one attached hydrogen (secondary N) is 1. The van der Waals surface area contributed by atoms with Gasteiger partial charge in [0.1, 0.15) is 0 Å². The molecule has 1 aromatic carbocycles. The third-order valence-corrected chi connectivity index (χ3v) is 5.63. The summed E-state index contributed by atoms with van der Waals surface area (Å²) >= 11 is 1.41. The van der Waals surface area contributed by atoms with Gasteiger partial charge in [0.2, 0.25) is 5.91 Å². The zero-order valence-electron chi connectivity index (χ0n) is 16.9. The highest BCUT2D eigenvalue weighted by atomic mass is 32.1. The average Bonchev–Trinajstić information content (AvgIpc) is 3.13. The van der Waals surface area contributed by atoms with Gasteiger partial charge in [0.15, 0.2) is 0 Å². The first-order chi connectivity index (χ1) is 12.7. The molecule has 2 amide bonds. The Balaban J connectivity index is 2.31. The highest BCUT2D eigenvalue weighted by Crippen LogP contribution is 2.26. The van der Waals surface area contributed by atoms with Gasteiger partial charge in [-0.15, -0.1) is 11.3 Å². The minimum absolute atomic E-state index is 0.0499. The van der Waals surface area contributed by atoms with Crippen LogP contribution in [0.4, 0.5) is 11.4 Å². The zero-order valence-corrected chi connectivity index (χ0v) is 17.8. The van der Waals surface area contributed by atoms with Crippen molar-refractivity contribution in [3.05, 3.63) is 46.2 Å². The van der Waals surface area contributed by atoms with Gasteiger partial charge in [0.05, 0.1) is 4.88 Å². The third kappa shape index (κ3) is 5.32. The van der Waals surface area contributed by atoms with Gasteiger partial charge in [0, 0.05) is 45.0 Å². The molecule has 0 unspecified atom stereocenters. The van der Waals surface area contributed by atoms with E-state index in [-0.39, 0.29) is 17.9 Å². The SMILES string of the molecule is CC(=O)N(Cc1cc(NC(=O)c2cccs2)ccc1N(C)C)[C@H](C)C(C)C. The predicted octanol–water partition coefficient (Wildman–Crippen LogP) is 4.46. The van der Waals surface area contributed by atoms with Gasteiger partial charge in [-0.25, -0.2) is 0 Å². The summed E-state index contributed by atoms with van der Waals surface area (Å²) in [5, 5.41) is 4.84. The maximum atomic E-state index is 12.4. The number of carbonyl (C=O) groups excluding carboxylic acids is 2. The summed E-state index contributed by atoms with van der Waals surface area (Å²) in [6.45, 7) is 8.42. The van der Waals surface area contributed by atoms with E-state index in [0.717, 1.165) is 16.9 Å². The molecule has 2 rings (SSSR count). The van der Waals surface area contributed by atoms with Gasteiger partial charge < -0.3 is 15.1 Å². The quantitative estimate of drug-likeness (QED) is 0.763. The molecular formula is C21H29N3O2S. The van der Waals surface area contributed by atoms with Crippen LogP contribution in [0.1, 0.15) is 42.9 Å². The van der Waals surface area contributed by atoms with E-state index in [9.17, 15) is 9.59 Å². The van der Waals surface area contributed by atoms with Crippen LogP contribution >= 0.6 is 11.3 Å². The van der Waals surface area contributed by atoms with Crippen LogP contribution in [-0.2, 0) is 11.3 Å². The molecule has 1 atom stereocenters. The van der Waals surface area contributed by atoms with E-state index in [2.05, 4.69) is 26.1 Å². The molecule has 0 saturated carbocycles. The van der Waals surface area contributed by atoms with Crippen molar-refractivity contribution >= 4 is 34.5 Å². The molecule has 0 aliphatic carbocycles. The second-order valence-electron chi connectivity index (χ2n) is 7.30. The molecule has 5 nitrogen and oxygen atoms in total. The minimum atomic E-state index is -0.118. The number of benzene rings is 1. The molecular weight excluding hydrogens is 358 g/mol. The maximum absolute atomic E-state index is 12.4. The van der Waals surface area contributed by atoms with Crippen LogP contribution in [0.5, 0.6) is 0 Å². The number of hydrogen-bond donors (Lipinski definition) is 1. The highest BCUT2D eigenvalue weighted by molar-refractivity contribution is 7.12. The number of nitrogens with zero attached hydrogens (tertiary/aromatic N) is 2. The molecule has 27 heavy (non-hydrogen) atoms. The second kappa shape index (κ2) is 9.04. The van der Waals surface area contributed by atoms with Crippen LogP contribution in [-0.4, -0.2) is 36.9 Å². The first-order valence-electron chi connectivity index (χ1n) is 9.13. The van der Waals surface area contributed by atoms with Crippen molar-refractivity contribution in [2.45, 2.75) is 40.3 Å². The molecule has 146 valence electrons. The zero-order chi connectivity index (χ0) is 20.1. The van der Waals surface area contributed by atoms with Gasteiger partial charge in [0.25, 0.3) is 5.91 Å². The number of rotatable bonds is 7. The Labute approximate surface area is 166 Å². The van der Waals surface area contributed by atoms with Crippen molar-refractivity contribution in [1.29, 1.82) is 0 Å². The Morgan fingerprint density at radius 1 is 1.15 bits per heavy atom. The van der Waals surface area contributed by atoms with E-state index in [1.165, 1.54) is 11.3 Å². The van der Waals surface area contributed by atoms with E-state index in [4.69, 9.17) is 0 Å². The monoisotopic (exact) mass is 387 g/mol. The number of anilines is 2. The molecule has 0 aliphatic rings. The summed E-state index contributed by atoms with van der Waals surface area (Å²) in [5.74, 6) is 0.292. The Kier molecular flexibility index (Phi) is 7.02. The summed E-state index contributed by atoms with van der Waals surface area (Å²) in [4.78, 5) is 29.2. The van der Waals surface area contributed by atoms with Crippen molar-refractivity contribution in [2.75, 3.05) is 24.3 Å². The number of thiophene rings is 1. The van der Waals surface area contributed by atoms with Crippen LogP contribution in [0.3, 0.4) is 0 Å². The maximum Gasteiger partial charge on any atom is 0.265 e. The minimum Gasteiger partial charge on any atom is -0.377 e. The van der Waals surface area contributed by atoms with Crippen LogP contribution in [0.25, 0.3) is 0 Å². The van der Waals surface area contributed by atoms with Crippen molar-refractivity contribution < 1.29 is 9.59 Å². The lowest BCUT2D eigenvalue weighted by atomic mass is 10.0. The first kappa shape index (κ1) is 21.0. The number of amides is 2. The fourth-order valence-electron chi connectivity index (χ4n) is 2.91. The standard InChI is InChI=1S/C21H29N3O2S/c1-14(2)15(3)24(16(4)25)13-17-12-18(9-10-19(17)23(5)6)22-21(26)20-8-7-11-27-20/h7-12,14-15H,13H2,1-6H3,(H,22,26)/t15-/m1/s1. The third-order valence-electron chi connectivity index (χ3n) is 4.77. The summed E-state index contributed by atoms with van der Waals surface area (Å²) in [5.41, 5.74) is 2.77. The Morgan fingerprint density at radius 2 is 1.85 bits per heavy atom. The fraction of sp³-hybridized carbons (Fsp3) is 0.429. The average molecular weight is 388 g/mol. The number of hydrogen-bond acceptors (Lipinski definition) is 4. The molecule has 1 N–H and O–H groups in total. The molecule has 0 bridgehead atoms. The summed E-state index contributed by atoms with van der Waals surface area (Å²) in [7, 11) is 3.96. The normalized spacial score (nSPS) is 12.0. The van der Waals surface area contributed by atoms with Crippen molar-refractivity contribution in [2.24, 2.45) is 5.92 Å². The van der Waals surface area contributed by atoms with Gasteiger partial charge in [-0.05, 0) is 48.1 Å². The van der Waals surface area contributed by atoms with E-state index in [0.29, 0.717) is 17.3 Å². The summed E-state index contributed by atoms with van der Waals surface area (Å²) < 4.78 is 0. The van der Waals surface area contributed by atoms with E-state index in [1.807, 2.05) is 53.5 Å². The lowest BCUT2D eigenvalue weighted by Crippen LogP contribution is -2.39. The fourth-order valence-corrected chi connectivity index (χ4v) is 3.53. The first-order valence-corrected chi connectivity index (χ1v) is 10.0. The Bertz CT molecular complexity index is 785. The van der Waals surface area contributed by atoms with Crippen LogP contribution in [0, 0.1) is 5.92 Å². The molecule has 6 heteroatoms. The van der Waals surface area contributed by atoms with Gasteiger partial charge in [-0.1, -0.05) is 19.9 Å². The van der Waals surface area contributed by atoms with E-state index >= 15 is 0 Å². The topological polar surface area (TPSA) is 52.7 Å². The molecule has 1 heterocycles. The Hall–Kier alpha value is -2.34. The summed E-state index contributed by atoms with van der Waals surface area (Å²) in [6, 6.07) is 9.63. The van der Waals surface area contributed by atoms with Crippen molar-refractivity contribution in [3.63, 3.8) is 0 Å². The van der Waals surface area contributed by atoms with Crippen LogP contribution < -0.4 is 10.2 Å². The van der Waals surface area contributed by atoms with E-state index < -0.39 is 0 Å². The second-order valence-corrected chi connectivity index (χ2v) is 8.25. The van der Waals surface area contributed by atoms with E-state index in [1.54, 1.807) is 13.0 Å². The van der Waals surface area contributed by atoms with Crippen LogP contribution in [0.15, 0.2) is 35.7 Å². The Morgan fingerprint density at radius 3 is 2.37 bits per heavy atom. The highest BCUT2D eigenvalue weighted by Gasteiger charge is 2.22. The van der Waals surface area contributed by atoms with Crippen LogP contribution in [0.2, 0.25) is 0 Å². The van der Waals surface area contributed by atoms with Gasteiger partial charge >= 0.3 is 0 Å². The molecule has 1 aromatic heterocycles. The molecule has 0 fully saturated rings. The lowest BCUT2D eigenvalue weighted by molar-refractivity contribution is -0.132. The lowest BCUT2D eigenvalue weighted by Gasteiger charge is -2.32. The molecule has 0 saturated heterocycles. The van der Waals surface area contributed by atoms with Gasteiger partial charge in [-0.3, -0.25) is 9.59 Å². The number of carbonyl (C=O) groups is 2. The van der Waals surface area contributed by atoms with Crippen molar-refractivity contribution in [1.82, 2.24) is 4.90 Å². The van der Waals surface area contributed by atoms with Crippen molar-refractivity contribution in [3.8, 4) is 0 Å². The smallest absolute Gasteiger partial charge is 0.265 e. The molecule has 0 spiro atoms. The molecule has 2 aromatic rings. The summed E-state index contributed by atoms with van der Waals surface area (Å²) in [6.07, 6.45) is 0. The molecule has 0 aliphatic heterocycles. The molecule has 0 radical (unpaired) electrons. The van der Waals surface area contributed by atoms with Gasteiger partial charge in [-0.2, -0.15) is 0 Å². The predicted molar refractivity (Wildman–Crippen MR) is 114 cm³/mol. The largest absolute Gasteiger partial charge is 0.377 e.